The summed E-state index contributed by atoms with van der Waals surface area (Å²) in [5.41, 5.74) is 2.47. The normalized spacial score (nSPS) is 16.1. The Bertz CT molecular complexity index is 1750. The molecule has 2 N–H and O–H groups in total. The Morgan fingerprint density at radius 1 is 1.12 bits per heavy atom. The van der Waals surface area contributed by atoms with Crippen molar-refractivity contribution in [3.05, 3.63) is 88.7 Å². The molecule has 42 heavy (non-hydrogen) atoms. The van der Waals surface area contributed by atoms with Crippen LogP contribution < -0.4 is 9.62 Å². The standard InChI is InChI=1S/C29H28F3N3O5S2/c1-33-29(36)27-22-13-21(25(34(2)41-37)14-26(22)40-28(27)18-6-8-20(30)9-7-18)19-4-3-11-35(15-19)42(38,39)16-17-5-10-23(31)24(32)12-17/h5-10,12-14,19,37H,3-4,11,15-16H2,1-2H3,(H,33,36)/t19-/m0/s1. The number of fused-ring (bicyclic) bond motifs is 1. The first-order valence-electron chi connectivity index (χ1n) is 13.1. The Balaban J connectivity index is 1.57. The van der Waals surface area contributed by atoms with Crippen molar-refractivity contribution in [3.63, 3.8) is 0 Å². The Hall–Kier alpha value is -3.52. The highest BCUT2D eigenvalue weighted by Gasteiger charge is 2.33. The van der Waals surface area contributed by atoms with Crippen molar-refractivity contribution < 1.29 is 35.4 Å². The summed E-state index contributed by atoms with van der Waals surface area (Å²) in [5, 5.41) is 3.10. The molecule has 1 fully saturated rings. The molecule has 5 rings (SSSR count). The minimum absolute atomic E-state index is 0.104. The van der Waals surface area contributed by atoms with Crippen molar-refractivity contribution >= 4 is 44.8 Å². The van der Waals surface area contributed by atoms with E-state index in [0.29, 0.717) is 52.9 Å². The lowest BCUT2D eigenvalue weighted by Crippen LogP contribution is -2.40. The SMILES string of the molecule is CNC(=O)c1c(-c2ccc(F)cc2)oc2cc(N(C)SO)c([C@H]3CCCN(S(=O)(=O)Cc4ccc(F)c(F)c4)C3)cc12. The number of carbonyl (C=O) groups is 1. The second-order valence-electron chi connectivity index (χ2n) is 10.1. The number of anilines is 1. The van der Waals surface area contributed by atoms with Gasteiger partial charge in [-0.1, -0.05) is 6.07 Å². The summed E-state index contributed by atoms with van der Waals surface area (Å²) in [4.78, 5) is 13.1. The number of amides is 1. The van der Waals surface area contributed by atoms with E-state index in [4.69, 9.17) is 4.42 Å². The van der Waals surface area contributed by atoms with Crippen LogP contribution in [0.2, 0.25) is 0 Å². The predicted molar refractivity (Wildman–Crippen MR) is 156 cm³/mol. The Morgan fingerprint density at radius 3 is 2.52 bits per heavy atom. The van der Waals surface area contributed by atoms with E-state index in [1.807, 2.05) is 0 Å². The van der Waals surface area contributed by atoms with Gasteiger partial charge < -0.3 is 14.3 Å². The number of hydrogen-bond donors (Lipinski definition) is 2. The van der Waals surface area contributed by atoms with E-state index in [0.717, 1.165) is 12.1 Å². The van der Waals surface area contributed by atoms with E-state index in [9.17, 15) is 30.9 Å². The molecule has 3 aromatic carbocycles. The fraction of sp³-hybridized carbons (Fsp3) is 0.276. The van der Waals surface area contributed by atoms with Crippen LogP contribution in [0.5, 0.6) is 0 Å². The van der Waals surface area contributed by atoms with Crippen LogP contribution in [0.4, 0.5) is 18.9 Å². The summed E-state index contributed by atoms with van der Waals surface area (Å²) in [7, 11) is -0.764. The monoisotopic (exact) mass is 619 g/mol. The third-order valence-electron chi connectivity index (χ3n) is 7.41. The van der Waals surface area contributed by atoms with Crippen molar-refractivity contribution in [2.75, 3.05) is 31.5 Å². The average molecular weight is 620 g/mol. The van der Waals surface area contributed by atoms with Crippen molar-refractivity contribution in [1.29, 1.82) is 0 Å². The van der Waals surface area contributed by atoms with Crippen LogP contribution in [0.25, 0.3) is 22.3 Å². The molecule has 2 heterocycles. The highest BCUT2D eigenvalue weighted by atomic mass is 32.2. The van der Waals surface area contributed by atoms with Crippen molar-refractivity contribution in [2.24, 2.45) is 0 Å². The van der Waals surface area contributed by atoms with Crippen LogP contribution in [0.1, 0.15) is 40.2 Å². The molecule has 0 bridgehead atoms. The lowest BCUT2D eigenvalue weighted by Gasteiger charge is -2.34. The summed E-state index contributed by atoms with van der Waals surface area (Å²) in [6.45, 7) is 0.362. The first-order chi connectivity index (χ1) is 20.0. The first kappa shape index (κ1) is 30.0. The number of sulfonamides is 1. The summed E-state index contributed by atoms with van der Waals surface area (Å²) >= 11 is 0.468. The fourth-order valence-electron chi connectivity index (χ4n) is 5.33. The van der Waals surface area contributed by atoms with Crippen LogP contribution in [0.15, 0.2) is 59.0 Å². The number of furan rings is 1. The molecule has 1 atom stereocenters. The first-order valence-corrected chi connectivity index (χ1v) is 15.4. The number of rotatable bonds is 8. The molecule has 1 aliphatic rings. The van der Waals surface area contributed by atoms with Gasteiger partial charge in [-0.2, -0.15) is 0 Å². The molecule has 1 saturated heterocycles. The largest absolute Gasteiger partial charge is 0.455 e. The van der Waals surface area contributed by atoms with E-state index in [-0.39, 0.29) is 35.9 Å². The fourth-order valence-corrected chi connectivity index (χ4v) is 7.17. The van der Waals surface area contributed by atoms with Gasteiger partial charge in [0.05, 0.1) is 17.0 Å². The van der Waals surface area contributed by atoms with Gasteiger partial charge in [-0.15, -0.1) is 0 Å². The second-order valence-corrected chi connectivity index (χ2v) is 12.8. The molecule has 1 aromatic heterocycles. The summed E-state index contributed by atoms with van der Waals surface area (Å²) in [5.74, 6) is -3.60. The Kier molecular flexibility index (Phi) is 8.56. The Morgan fingerprint density at radius 2 is 1.86 bits per heavy atom. The number of halogens is 3. The van der Waals surface area contributed by atoms with Gasteiger partial charge in [0.25, 0.3) is 5.91 Å². The predicted octanol–water partition coefficient (Wildman–Crippen LogP) is 6.14. The van der Waals surface area contributed by atoms with E-state index in [2.05, 4.69) is 5.32 Å². The van der Waals surface area contributed by atoms with Gasteiger partial charge in [0.15, 0.2) is 11.6 Å². The summed E-state index contributed by atoms with van der Waals surface area (Å²) < 4.78 is 86.3. The van der Waals surface area contributed by atoms with Crippen molar-refractivity contribution in [3.8, 4) is 11.3 Å². The van der Waals surface area contributed by atoms with Gasteiger partial charge in [0.2, 0.25) is 10.0 Å². The smallest absolute Gasteiger partial charge is 0.255 e. The lowest BCUT2D eigenvalue weighted by atomic mass is 9.89. The van der Waals surface area contributed by atoms with Crippen molar-refractivity contribution in [2.45, 2.75) is 24.5 Å². The maximum atomic E-state index is 13.7. The highest BCUT2D eigenvalue weighted by Crippen LogP contribution is 2.42. The summed E-state index contributed by atoms with van der Waals surface area (Å²) in [6.07, 6.45) is 1.15. The van der Waals surface area contributed by atoms with Gasteiger partial charge in [0.1, 0.15) is 29.4 Å². The van der Waals surface area contributed by atoms with Crippen LogP contribution in [0, 0.1) is 17.5 Å². The molecule has 0 spiro atoms. The molecular formula is C29H28F3N3O5S2. The highest BCUT2D eigenvalue weighted by molar-refractivity contribution is 7.95. The molecule has 0 unspecified atom stereocenters. The number of nitrogens with zero attached hydrogens (tertiary/aromatic N) is 2. The second kappa shape index (κ2) is 12.0. The Labute approximate surface area is 245 Å². The molecule has 1 aliphatic heterocycles. The van der Waals surface area contributed by atoms with Gasteiger partial charge in [-0.05, 0) is 72.4 Å². The van der Waals surface area contributed by atoms with Crippen LogP contribution >= 0.6 is 12.2 Å². The maximum absolute atomic E-state index is 13.7. The zero-order valence-corrected chi connectivity index (χ0v) is 24.4. The maximum Gasteiger partial charge on any atom is 0.255 e. The van der Waals surface area contributed by atoms with Gasteiger partial charge in [-0.3, -0.25) is 9.10 Å². The number of carbonyl (C=O) groups excluding carboxylic acids is 1. The number of nitrogens with one attached hydrogen (secondary N) is 1. The molecule has 13 heteroatoms. The number of hydrogen-bond acceptors (Lipinski definition) is 7. The van der Waals surface area contributed by atoms with Gasteiger partial charge in [0, 0.05) is 44.2 Å². The molecule has 222 valence electrons. The molecule has 8 nitrogen and oxygen atoms in total. The summed E-state index contributed by atoms with van der Waals surface area (Å²) in [6, 6.07) is 12.0. The molecule has 4 aromatic rings. The van der Waals surface area contributed by atoms with E-state index >= 15 is 0 Å². The minimum atomic E-state index is -3.89. The topological polar surface area (TPSA) is 103 Å². The molecule has 0 radical (unpaired) electrons. The average Bonchev–Trinajstić information content (AvgIpc) is 3.36. The van der Waals surface area contributed by atoms with Gasteiger partial charge in [-0.25, -0.2) is 25.9 Å². The van der Waals surface area contributed by atoms with E-state index in [1.165, 1.54) is 46.0 Å². The number of piperidine rings is 1. The third kappa shape index (κ3) is 5.87. The minimum Gasteiger partial charge on any atom is -0.455 e. The van der Waals surface area contributed by atoms with E-state index < -0.39 is 39.1 Å². The number of benzene rings is 3. The quantitative estimate of drug-likeness (QED) is 0.180. The van der Waals surface area contributed by atoms with Crippen LogP contribution in [-0.2, 0) is 15.8 Å². The zero-order valence-electron chi connectivity index (χ0n) is 22.7. The van der Waals surface area contributed by atoms with Crippen molar-refractivity contribution in [1.82, 2.24) is 9.62 Å². The molecular weight excluding hydrogens is 591 g/mol. The third-order valence-corrected chi connectivity index (χ3v) is 9.67. The zero-order chi connectivity index (χ0) is 30.2. The van der Waals surface area contributed by atoms with Gasteiger partial charge >= 0.3 is 0 Å². The van der Waals surface area contributed by atoms with E-state index in [1.54, 1.807) is 19.2 Å². The van der Waals surface area contributed by atoms with Crippen LogP contribution in [-0.4, -0.2) is 50.4 Å². The molecule has 0 saturated carbocycles. The lowest BCUT2D eigenvalue weighted by molar-refractivity contribution is 0.0964. The van der Waals surface area contributed by atoms with Crippen LogP contribution in [0.3, 0.4) is 0 Å². The molecule has 0 aliphatic carbocycles. The molecule has 1 amide bonds.